The second kappa shape index (κ2) is 8.21. The minimum atomic E-state index is -0.833. The molecule has 18 heavy (non-hydrogen) atoms. The number of aliphatic carboxylic acids is 1. The molecule has 1 aromatic rings. The summed E-state index contributed by atoms with van der Waals surface area (Å²) in [6.45, 7) is 2.76. The van der Waals surface area contributed by atoms with E-state index in [1.807, 2.05) is 0 Å². The molecule has 0 radical (unpaired) electrons. The molecule has 0 saturated carbocycles. The van der Waals surface area contributed by atoms with Gasteiger partial charge in [-0.05, 0) is 24.6 Å². The van der Waals surface area contributed by atoms with Gasteiger partial charge in [0.2, 0.25) is 0 Å². The average molecular weight is 254 g/mol. The predicted octanol–water partition coefficient (Wildman–Crippen LogP) is 0.304. The normalized spacial score (nSPS) is 10.9. The second-order valence-corrected chi connectivity index (χ2v) is 3.64. The van der Waals surface area contributed by atoms with Crippen molar-refractivity contribution >= 4 is 11.9 Å². The van der Waals surface area contributed by atoms with Gasteiger partial charge in [-0.2, -0.15) is 0 Å². The van der Waals surface area contributed by atoms with Crippen LogP contribution in [0.15, 0.2) is 24.3 Å². The van der Waals surface area contributed by atoms with Crippen LogP contribution in [-0.4, -0.2) is 28.3 Å². The number of hydrogen-bond donors (Lipinski definition) is 4. The average Bonchev–Trinajstić information content (AvgIpc) is 2.27. The van der Waals surface area contributed by atoms with E-state index in [-0.39, 0.29) is 18.7 Å². The first kappa shape index (κ1) is 16.1. The summed E-state index contributed by atoms with van der Waals surface area (Å²) in [4.78, 5) is 20.4. The third-order valence-electron chi connectivity index (χ3n) is 1.76. The molecule has 1 aromatic carbocycles. The van der Waals surface area contributed by atoms with Crippen molar-refractivity contribution < 1.29 is 19.8 Å². The fraction of sp³-hybridized carbons (Fsp3) is 0.333. The number of carboxylic acid groups (broad SMARTS) is 1. The van der Waals surface area contributed by atoms with E-state index < -0.39 is 5.97 Å². The highest BCUT2D eigenvalue weighted by atomic mass is 16.4. The van der Waals surface area contributed by atoms with Crippen molar-refractivity contribution in [1.29, 1.82) is 0 Å². The quantitative estimate of drug-likeness (QED) is 0.580. The number of hydrogen-bond acceptors (Lipinski definition) is 4. The Morgan fingerprint density at radius 1 is 1.33 bits per heavy atom. The number of aliphatic hydroxyl groups excluding tert-OH is 1. The Morgan fingerprint density at radius 2 is 1.78 bits per heavy atom. The molecule has 0 spiro atoms. The van der Waals surface area contributed by atoms with Crippen LogP contribution in [0.5, 0.6) is 0 Å². The zero-order valence-electron chi connectivity index (χ0n) is 10.4. The minimum absolute atomic E-state index is 0.0187. The Morgan fingerprint density at radius 3 is 2.11 bits per heavy atom. The van der Waals surface area contributed by atoms with Gasteiger partial charge in [0, 0.05) is 12.5 Å². The summed E-state index contributed by atoms with van der Waals surface area (Å²) in [7, 11) is 0. The molecule has 100 valence electrons. The van der Waals surface area contributed by atoms with E-state index in [1.165, 1.54) is 0 Å². The number of carboxylic acids is 1. The maximum atomic E-state index is 11.4. The van der Waals surface area contributed by atoms with Gasteiger partial charge in [-0.1, -0.05) is 12.1 Å². The van der Waals surface area contributed by atoms with Gasteiger partial charge in [-0.25, -0.2) is 0 Å². The largest absolute Gasteiger partial charge is 0.481 e. The highest BCUT2D eigenvalue weighted by molar-refractivity contribution is 5.94. The predicted molar refractivity (Wildman–Crippen MR) is 66.8 cm³/mol. The van der Waals surface area contributed by atoms with E-state index in [9.17, 15) is 4.79 Å². The first-order chi connectivity index (χ1) is 8.36. The first-order valence-electron chi connectivity index (χ1n) is 5.32. The van der Waals surface area contributed by atoms with Crippen LogP contribution in [0.25, 0.3) is 0 Å². The summed E-state index contributed by atoms with van der Waals surface area (Å²) in [6, 6.07) is 6.72. The number of nitrogens with two attached hydrogens (primary N) is 1. The molecule has 1 atom stereocenters. The van der Waals surface area contributed by atoms with Gasteiger partial charge in [0.05, 0.1) is 12.8 Å². The molecule has 1 amide bonds. The molecule has 0 aliphatic rings. The van der Waals surface area contributed by atoms with Gasteiger partial charge >= 0.3 is 0 Å². The van der Waals surface area contributed by atoms with Crippen LogP contribution in [0.4, 0.5) is 0 Å². The lowest BCUT2D eigenvalue weighted by Crippen LogP contribution is -2.38. The number of aliphatic hydroxyl groups is 1. The molecule has 0 bridgehead atoms. The smallest absolute Gasteiger partial charge is 0.300 e. The summed E-state index contributed by atoms with van der Waals surface area (Å²) in [5, 5.41) is 18.8. The number of benzene rings is 1. The maximum absolute atomic E-state index is 11.4. The van der Waals surface area contributed by atoms with Crippen LogP contribution in [0, 0.1) is 0 Å². The highest BCUT2D eigenvalue weighted by Gasteiger charge is 2.05. The Balaban J connectivity index is 0.000000631. The topological polar surface area (TPSA) is 113 Å². The van der Waals surface area contributed by atoms with Crippen LogP contribution in [0.2, 0.25) is 0 Å². The lowest BCUT2D eigenvalue weighted by Gasteiger charge is -2.08. The molecule has 0 fully saturated rings. The lowest BCUT2D eigenvalue weighted by atomic mass is 10.1. The molecule has 1 rings (SSSR count). The SMILES string of the molecule is CC(=O)O.CC(N)NC(=O)c1ccc(CO)cc1. The molecule has 1 unspecified atom stereocenters. The van der Waals surface area contributed by atoms with E-state index in [4.69, 9.17) is 20.7 Å². The summed E-state index contributed by atoms with van der Waals surface area (Å²) >= 11 is 0. The summed E-state index contributed by atoms with van der Waals surface area (Å²) in [5.74, 6) is -1.04. The van der Waals surface area contributed by atoms with E-state index in [0.717, 1.165) is 12.5 Å². The molecule has 6 nitrogen and oxygen atoms in total. The monoisotopic (exact) mass is 254 g/mol. The van der Waals surface area contributed by atoms with Gasteiger partial charge < -0.3 is 21.3 Å². The Kier molecular flexibility index (Phi) is 7.34. The molecule has 6 heteroatoms. The molecule has 0 heterocycles. The van der Waals surface area contributed by atoms with E-state index in [2.05, 4.69) is 5.32 Å². The molecule has 0 aliphatic carbocycles. The van der Waals surface area contributed by atoms with Gasteiger partial charge in [0.15, 0.2) is 0 Å². The van der Waals surface area contributed by atoms with Crippen molar-refractivity contribution in [2.24, 2.45) is 5.73 Å². The minimum Gasteiger partial charge on any atom is -0.481 e. The number of nitrogens with one attached hydrogen (secondary N) is 1. The molecule has 0 saturated heterocycles. The number of amides is 1. The van der Waals surface area contributed by atoms with E-state index >= 15 is 0 Å². The molecule has 0 aliphatic heterocycles. The summed E-state index contributed by atoms with van der Waals surface area (Å²) in [5.41, 5.74) is 6.74. The zero-order chi connectivity index (χ0) is 14.1. The van der Waals surface area contributed by atoms with Crippen molar-refractivity contribution in [1.82, 2.24) is 5.32 Å². The van der Waals surface area contributed by atoms with Crippen molar-refractivity contribution in [3.8, 4) is 0 Å². The number of rotatable bonds is 3. The number of carbonyl (C=O) groups excluding carboxylic acids is 1. The fourth-order valence-electron chi connectivity index (χ4n) is 1.05. The highest BCUT2D eigenvalue weighted by Crippen LogP contribution is 2.04. The van der Waals surface area contributed by atoms with Crippen LogP contribution in [0.1, 0.15) is 29.8 Å². The van der Waals surface area contributed by atoms with Crippen molar-refractivity contribution in [3.63, 3.8) is 0 Å². The van der Waals surface area contributed by atoms with Crippen LogP contribution < -0.4 is 11.1 Å². The Bertz CT molecular complexity index is 384. The zero-order valence-corrected chi connectivity index (χ0v) is 10.4. The standard InChI is InChI=1S/C10H14N2O2.C2H4O2/c1-7(11)12-10(14)9-4-2-8(6-13)3-5-9;1-2(3)4/h2-5,7,13H,6,11H2,1H3,(H,12,14);1H3,(H,3,4). The van der Waals surface area contributed by atoms with Crippen molar-refractivity contribution in [2.45, 2.75) is 26.6 Å². The van der Waals surface area contributed by atoms with Crippen LogP contribution >= 0.6 is 0 Å². The van der Waals surface area contributed by atoms with Crippen LogP contribution in [0.3, 0.4) is 0 Å². The first-order valence-corrected chi connectivity index (χ1v) is 5.32. The van der Waals surface area contributed by atoms with E-state index in [1.54, 1.807) is 31.2 Å². The summed E-state index contributed by atoms with van der Waals surface area (Å²) in [6.07, 6.45) is -0.361. The van der Waals surface area contributed by atoms with E-state index in [0.29, 0.717) is 5.56 Å². The maximum Gasteiger partial charge on any atom is 0.300 e. The second-order valence-electron chi connectivity index (χ2n) is 3.64. The van der Waals surface area contributed by atoms with Gasteiger partial charge in [0.25, 0.3) is 11.9 Å². The van der Waals surface area contributed by atoms with Crippen LogP contribution in [-0.2, 0) is 11.4 Å². The molecule has 0 aromatic heterocycles. The van der Waals surface area contributed by atoms with Gasteiger partial charge in [0.1, 0.15) is 0 Å². The third kappa shape index (κ3) is 7.37. The third-order valence-corrected chi connectivity index (χ3v) is 1.76. The molecular weight excluding hydrogens is 236 g/mol. The van der Waals surface area contributed by atoms with Gasteiger partial charge in [-0.15, -0.1) is 0 Å². The van der Waals surface area contributed by atoms with Gasteiger partial charge in [-0.3, -0.25) is 9.59 Å². The number of carbonyl (C=O) groups is 2. The molecule has 5 N–H and O–H groups in total. The Hall–Kier alpha value is -1.92. The molecular formula is C12H18N2O4. The van der Waals surface area contributed by atoms with Crippen molar-refractivity contribution in [2.75, 3.05) is 0 Å². The summed E-state index contributed by atoms with van der Waals surface area (Å²) < 4.78 is 0. The lowest BCUT2D eigenvalue weighted by molar-refractivity contribution is -0.134. The fourth-order valence-corrected chi connectivity index (χ4v) is 1.05. The Labute approximate surface area is 105 Å². The van der Waals surface area contributed by atoms with Crippen molar-refractivity contribution in [3.05, 3.63) is 35.4 Å².